The Bertz CT molecular complexity index is 736. The van der Waals surface area contributed by atoms with Gasteiger partial charge in [0.2, 0.25) is 17.8 Å². The summed E-state index contributed by atoms with van der Waals surface area (Å²) in [6.07, 6.45) is 2.14. The van der Waals surface area contributed by atoms with Gasteiger partial charge < -0.3 is 0 Å². The van der Waals surface area contributed by atoms with Crippen molar-refractivity contribution in [2.24, 2.45) is 5.92 Å². The van der Waals surface area contributed by atoms with Crippen molar-refractivity contribution in [1.82, 2.24) is 14.8 Å². The summed E-state index contributed by atoms with van der Waals surface area (Å²) in [6, 6.07) is 9.48. The second-order valence-electron chi connectivity index (χ2n) is 5.65. The Balaban J connectivity index is 1.66. The van der Waals surface area contributed by atoms with Gasteiger partial charge >= 0.3 is 0 Å². The molecule has 4 rings (SSSR count). The number of nitrogens with zero attached hydrogens (tertiary/aromatic N) is 3. The van der Waals surface area contributed by atoms with E-state index in [1.165, 1.54) is 0 Å². The molecule has 0 spiro atoms. The van der Waals surface area contributed by atoms with Crippen LogP contribution in [0.4, 0.5) is 11.9 Å². The molecule has 7 heteroatoms. The van der Waals surface area contributed by atoms with Crippen molar-refractivity contribution in [2.45, 2.75) is 25.3 Å². The first-order chi connectivity index (χ1) is 10.7. The van der Waals surface area contributed by atoms with E-state index >= 15 is 0 Å². The third-order valence-electron chi connectivity index (χ3n) is 3.92. The second-order valence-corrected chi connectivity index (χ2v) is 5.65. The number of carbonyl (C=O) groups excluding carboxylic acids is 2. The van der Waals surface area contributed by atoms with Crippen molar-refractivity contribution in [3.63, 3.8) is 0 Å². The van der Waals surface area contributed by atoms with Gasteiger partial charge in [-0.2, -0.15) is 4.98 Å². The van der Waals surface area contributed by atoms with Crippen molar-refractivity contribution in [1.29, 1.82) is 0 Å². The van der Waals surface area contributed by atoms with E-state index in [0.717, 1.165) is 18.4 Å². The topological polar surface area (TPSA) is 88.9 Å². The zero-order valence-electron chi connectivity index (χ0n) is 11.8. The molecule has 2 aromatic rings. The number of benzene rings is 1. The molecule has 2 amide bonds. The number of aromatic nitrogens is 3. The molecule has 0 saturated heterocycles. The number of fused-ring (bicyclic) bond motifs is 1. The van der Waals surface area contributed by atoms with Crippen LogP contribution in [0.1, 0.15) is 30.9 Å². The summed E-state index contributed by atoms with van der Waals surface area (Å²) in [5, 5.41) is 9.76. The van der Waals surface area contributed by atoms with Gasteiger partial charge in [0.25, 0.3) is 5.95 Å². The van der Waals surface area contributed by atoms with Crippen molar-refractivity contribution in [2.75, 3.05) is 10.6 Å². The highest BCUT2D eigenvalue weighted by molar-refractivity contribution is 5.94. The Hall–Kier alpha value is -2.70. The minimum absolute atomic E-state index is 0.0504. The molecule has 2 N–H and O–H groups in total. The molecular weight excluding hydrogens is 282 g/mol. The van der Waals surface area contributed by atoms with Crippen LogP contribution in [0.15, 0.2) is 30.3 Å². The molecule has 1 fully saturated rings. The lowest BCUT2D eigenvalue weighted by molar-refractivity contribution is -0.118. The Kier molecular flexibility index (Phi) is 2.92. The zero-order chi connectivity index (χ0) is 15.1. The van der Waals surface area contributed by atoms with Gasteiger partial charge in [0, 0.05) is 5.92 Å². The van der Waals surface area contributed by atoms with Crippen LogP contribution in [0.2, 0.25) is 0 Å². The first-order valence-corrected chi connectivity index (χ1v) is 7.33. The van der Waals surface area contributed by atoms with E-state index in [-0.39, 0.29) is 29.7 Å². The molecule has 1 aliphatic heterocycles. The standard InChI is InChI=1S/C15H15N5O2/c21-12-8-11(9-4-2-1-3-5-9)20-15(16-12)18-14(19-20)17-13(22)10-6-7-10/h1-5,10-11H,6-8H2,(H2,16,17,18,19,21,22)/t11-/m0/s1. The molecule has 1 aromatic heterocycles. The molecule has 0 unspecified atom stereocenters. The molecule has 1 aromatic carbocycles. The average molecular weight is 297 g/mol. The van der Waals surface area contributed by atoms with Crippen LogP contribution in [0, 0.1) is 5.92 Å². The molecule has 1 atom stereocenters. The Morgan fingerprint density at radius 3 is 2.77 bits per heavy atom. The SMILES string of the molecule is O=C1C[C@@H](c2ccccc2)n2nc(NC(=O)C3CC3)nc2N1. The van der Waals surface area contributed by atoms with Crippen LogP contribution < -0.4 is 10.6 Å². The summed E-state index contributed by atoms with van der Waals surface area (Å²) in [5.41, 5.74) is 0.989. The molecule has 7 nitrogen and oxygen atoms in total. The quantitative estimate of drug-likeness (QED) is 0.899. The van der Waals surface area contributed by atoms with E-state index in [1.54, 1.807) is 4.68 Å². The number of hydrogen-bond donors (Lipinski definition) is 2. The van der Waals surface area contributed by atoms with Crippen molar-refractivity contribution < 1.29 is 9.59 Å². The largest absolute Gasteiger partial charge is 0.295 e. The van der Waals surface area contributed by atoms with Gasteiger partial charge in [-0.3, -0.25) is 20.2 Å². The predicted molar refractivity (Wildman–Crippen MR) is 79.2 cm³/mol. The molecule has 112 valence electrons. The number of hydrogen-bond acceptors (Lipinski definition) is 4. The smallest absolute Gasteiger partial charge is 0.250 e. The molecule has 2 heterocycles. The van der Waals surface area contributed by atoms with Gasteiger partial charge in [-0.1, -0.05) is 30.3 Å². The Morgan fingerprint density at radius 1 is 1.27 bits per heavy atom. The van der Waals surface area contributed by atoms with Gasteiger partial charge in [-0.25, -0.2) is 4.68 Å². The third-order valence-corrected chi connectivity index (χ3v) is 3.92. The first-order valence-electron chi connectivity index (χ1n) is 7.33. The summed E-state index contributed by atoms with van der Waals surface area (Å²) in [5.74, 6) is 0.547. The lowest BCUT2D eigenvalue weighted by Gasteiger charge is -2.23. The molecule has 1 aliphatic carbocycles. The van der Waals surface area contributed by atoms with Gasteiger partial charge in [0.15, 0.2) is 0 Å². The minimum atomic E-state index is -0.205. The van der Waals surface area contributed by atoms with E-state index < -0.39 is 0 Å². The fourth-order valence-electron chi connectivity index (χ4n) is 2.61. The highest BCUT2D eigenvalue weighted by Gasteiger charge is 2.32. The van der Waals surface area contributed by atoms with Crippen molar-refractivity contribution in [3.8, 4) is 0 Å². The van der Waals surface area contributed by atoms with Crippen molar-refractivity contribution >= 4 is 23.7 Å². The van der Waals surface area contributed by atoms with Crippen molar-refractivity contribution in [3.05, 3.63) is 35.9 Å². The number of carbonyl (C=O) groups is 2. The van der Waals surface area contributed by atoms with Crippen LogP contribution in [-0.2, 0) is 9.59 Å². The summed E-state index contributed by atoms with van der Waals surface area (Å²) in [6.45, 7) is 0. The average Bonchev–Trinajstić information content (AvgIpc) is 3.29. The van der Waals surface area contributed by atoms with Gasteiger partial charge in [-0.15, -0.1) is 5.10 Å². The van der Waals surface area contributed by atoms with Gasteiger partial charge in [0.05, 0.1) is 12.5 Å². The second kappa shape index (κ2) is 4.94. The lowest BCUT2D eigenvalue weighted by atomic mass is 10.0. The number of anilines is 2. The van der Waals surface area contributed by atoms with Crippen LogP contribution in [0.3, 0.4) is 0 Å². The van der Waals surface area contributed by atoms with Gasteiger partial charge in [0.1, 0.15) is 0 Å². The molecule has 1 saturated carbocycles. The first kappa shape index (κ1) is 13.0. The Morgan fingerprint density at radius 2 is 2.05 bits per heavy atom. The van der Waals surface area contributed by atoms with E-state index in [0.29, 0.717) is 12.4 Å². The molecule has 22 heavy (non-hydrogen) atoms. The van der Waals surface area contributed by atoms with Crippen LogP contribution in [-0.4, -0.2) is 26.6 Å². The van der Waals surface area contributed by atoms with E-state index in [1.807, 2.05) is 30.3 Å². The van der Waals surface area contributed by atoms with Crippen LogP contribution >= 0.6 is 0 Å². The number of rotatable bonds is 3. The molecular formula is C15H15N5O2. The molecule has 0 bridgehead atoms. The third kappa shape index (κ3) is 2.34. The maximum absolute atomic E-state index is 11.9. The lowest BCUT2D eigenvalue weighted by Crippen LogP contribution is -2.29. The van der Waals surface area contributed by atoms with E-state index in [4.69, 9.17) is 0 Å². The summed E-state index contributed by atoms with van der Waals surface area (Å²) in [4.78, 5) is 27.9. The zero-order valence-corrected chi connectivity index (χ0v) is 11.8. The normalized spacial score (nSPS) is 20.2. The highest BCUT2D eigenvalue weighted by Crippen LogP contribution is 2.32. The molecule has 2 aliphatic rings. The highest BCUT2D eigenvalue weighted by atomic mass is 16.2. The Labute approximate surface area is 126 Å². The molecule has 0 radical (unpaired) electrons. The summed E-state index contributed by atoms with van der Waals surface area (Å²) in [7, 11) is 0. The maximum atomic E-state index is 11.9. The monoisotopic (exact) mass is 297 g/mol. The minimum Gasteiger partial charge on any atom is -0.295 e. The summed E-state index contributed by atoms with van der Waals surface area (Å²) >= 11 is 0. The predicted octanol–water partition coefficient (Wildman–Crippen LogP) is 1.56. The fraction of sp³-hybridized carbons (Fsp3) is 0.333. The van der Waals surface area contributed by atoms with Crippen LogP contribution in [0.5, 0.6) is 0 Å². The number of nitrogens with one attached hydrogen (secondary N) is 2. The van der Waals surface area contributed by atoms with E-state index in [2.05, 4.69) is 20.7 Å². The van der Waals surface area contributed by atoms with Crippen LogP contribution in [0.25, 0.3) is 0 Å². The number of amides is 2. The van der Waals surface area contributed by atoms with Gasteiger partial charge in [-0.05, 0) is 18.4 Å². The maximum Gasteiger partial charge on any atom is 0.250 e. The van der Waals surface area contributed by atoms with E-state index in [9.17, 15) is 9.59 Å². The fourth-order valence-corrected chi connectivity index (χ4v) is 2.61. The summed E-state index contributed by atoms with van der Waals surface area (Å²) < 4.78 is 1.67.